The van der Waals surface area contributed by atoms with Crippen LogP contribution in [0.2, 0.25) is 0 Å². The van der Waals surface area contributed by atoms with Crippen molar-refractivity contribution in [2.45, 2.75) is 25.8 Å². The quantitative estimate of drug-likeness (QED) is 0.571. The molecule has 1 heterocycles. The third kappa shape index (κ3) is 5.11. The molecule has 1 aromatic heterocycles. The van der Waals surface area contributed by atoms with E-state index in [1.54, 1.807) is 48.5 Å². The Kier molecular flexibility index (Phi) is 6.43. The molecular weight excluding hydrogens is 372 g/mol. The smallest absolute Gasteiger partial charge is 0.328 e. The number of carbonyl (C=O) groups excluding carboxylic acids is 1. The van der Waals surface area contributed by atoms with Gasteiger partial charge in [-0.25, -0.2) is 4.79 Å². The zero-order valence-corrected chi connectivity index (χ0v) is 15.7. The highest BCUT2D eigenvalue weighted by Gasteiger charge is 2.09. The molecule has 0 bridgehead atoms. The van der Waals surface area contributed by atoms with Gasteiger partial charge in [0.25, 0.3) is 5.56 Å². The van der Waals surface area contributed by atoms with Gasteiger partial charge in [-0.3, -0.25) is 19.1 Å². The molecule has 0 aliphatic rings. The summed E-state index contributed by atoms with van der Waals surface area (Å²) >= 11 is 0. The molecule has 8 nitrogen and oxygen atoms in total. The molecular formula is C21H20N4O4. The van der Waals surface area contributed by atoms with Crippen molar-refractivity contribution >= 4 is 22.5 Å². The number of nitriles is 1. The zero-order valence-electron chi connectivity index (χ0n) is 15.7. The molecule has 0 spiro atoms. The molecule has 2 aromatic carbocycles. The van der Waals surface area contributed by atoms with Gasteiger partial charge in [0.2, 0.25) is 5.91 Å². The molecule has 0 atom stereocenters. The van der Waals surface area contributed by atoms with Gasteiger partial charge in [0, 0.05) is 31.1 Å². The number of para-hydroxylation sites is 1. The van der Waals surface area contributed by atoms with Crippen LogP contribution in [0.5, 0.6) is 5.75 Å². The molecule has 3 rings (SSSR count). The summed E-state index contributed by atoms with van der Waals surface area (Å²) in [6, 6.07) is 15.8. The normalized spacial score (nSPS) is 10.4. The van der Waals surface area contributed by atoms with Gasteiger partial charge in [0.1, 0.15) is 5.75 Å². The van der Waals surface area contributed by atoms with Crippen molar-refractivity contribution in [2.24, 2.45) is 0 Å². The lowest BCUT2D eigenvalue weighted by atomic mass is 10.2. The topological polar surface area (TPSA) is 117 Å². The minimum Gasteiger partial charge on any atom is -0.493 e. The average molecular weight is 392 g/mol. The third-order valence-electron chi connectivity index (χ3n) is 4.29. The maximum atomic E-state index is 12.3. The van der Waals surface area contributed by atoms with E-state index in [4.69, 9.17) is 10.00 Å². The number of nitrogens with zero attached hydrogens (tertiary/aromatic N) is 2. The number of aryl methyl sites for hydroxylation is 1. The van der Waals surface area contributed by atoms with Gasteiger partial charge in [-0.1, -0.05) is 18.2 Å². The molecule has 0 saturated heterocycles. The molecule has 29 heavy (non-hydrogen) atoms. The number of nitrogens with one attached hydrogen (secondary N) is 2. The second kappa shape index (κ2) is 9.37. The summed E-state index contributed by atoms with van der Waals surface area (Å²) in [7, 11) is 0. The van der Waals surface area contributed by atoms with E-state index in [-0.39, 0.29) is 18.9 Å². The van der Waals surface area contributed by atoms with Gasteiger partial charge < -0.3 is 10.1 Å². The Morgan fingerprint density at radius 3 is 2.83 bits per heavy atom. The van der Waals surface area contributed by atoms with Gasteiger partial charge in [-0.15, -0.1) is 0 Å². The van der Waals surface area contributed by atoms with E-state index < -0.39 is 11.2 Å². The Morgan fingerprint density at radius 2 is 2.00 bits per heavy atom. The SMILES string of the molecule is N#CCCCOc1cccc(NC(=O)CCn2c(=O)[nH]c(=O)c3ccccc32)c1. The van der Waals surface area contributed by atoms with Crippen LogP contribution in [0.3, 0.4) is 0 Å². The molecule has 148 valence electrons. The van der Waals surface area contributed by atoms with Crippen LogP contribution < -0.4 is 21.3 Å². The predicted molar refractivity (Wildman–Crippen MR) is 109 cm³/mol. The Hall–Kier alpha value is -3.86. The summed E-state index contributed by atoms with van der Waals surface area (Å²) < 4.78 is 6.93. The molecule has 8 heteroatoms. The summed E-state index contributed by atoms with van der Waals surface area (Å²) in [5, 5.41) is 11.7. The fourth-order valence-electron chi connectivity index (χ4n) is 2.91. The van der Waals surface area contributed by atoms with Crippen molar-refractivity contribution in [1.82, 2.24) is 9.55 Å². The van der Waals surface area contributed by atoms with E-state index in [0.29, 0.717) is 41.8 Å². The molecule has 0 aliphatic carbocycles. The summed E-state index contributed by atoms with van der Waals surface area (Å²) in [5.41, 5.74) is 0.0698. The minimum atomic E-state index is -0.547. The Balaban J connectivity index is 1.64. The number of aromatic amines is 1. The Labute approximate surface area is 166 Å². The molecule has 0 saturated carbocycles. The molecule has 2 N–H and O–H groups in total. The first-order valence-corrected chi connectivity index (χ1v) is 9.20. The number of H-pyrrole nitrogens is 1. The van der Waals surface area contributed by atoms with E-state index in [9.17, 15) is 14.4 Å². The first-order chi connectivity index (χ1) is 14.1. The standard InChI is InChI=1S/C21H20N4O4/c22-11-3-4-13-29-16-7-5-6-15(14-16)23-19(26)10-12-25-18-9-2-1-8-17(18)20(27)24-21(25)28/h1-2,5-9,14H,3-4,10,12-13H2,(H,23,26)(H,24,27,28). The summed E-state index contributed by atoms with van der Waals surface area (Å²) in [5.74, 6) is 0.331. The molecule has 0 radical (unpaired) electrons. The van der Waals surface area contributed by atoms with Crippen LogP contribution in [-0.4, -0.2) is 22.1 Å². The van der Waals surface area contributed by atoms with E-state index in [1.165, 1.54) is 4.57 Å². The van der Waals surface area contributed by atoms with Crippen LogP contribution in [-0.2, 0) is 11.3 Å². The van der Waals surface area contributed by atoms with E-state index in [0.717, 1.165) is 0 Å². The number of amides is 1. The second-order valence-electron chi connectivity index (χ2n) is 6.36. The van der Waals surface area contributed by atoms with Gasteiger partial charge in [-0.2, -0.15) is 5.26 Å². The van der Waals surface area contributed by atoms with Crippen LogP contribution in [0.1, 0.15) is 19.3 Å². The second-order valence-corrected chi connectivity index (χ2v) is 6.36. The van der Waals surface area contributed by atoms with Crippen LogP contribution in [0, 0.1) is 11.3 Å². The van der Waals surface area contributed by atoms with Crippen molar-refractivity contribution in [3.05, 3.63) is 69.4 Å². The van der Waals surface area contributed by atoms with E-state index in [1.807, 2.05) is 0 Å². The van der Waals surface area contributed by atoms with Crippen LogP contribution in [0.25, 0.3) is 10.9 Å². The number of benzene rings is 2. The molecule has 0 unspecified atom stereocenters. The maximum Gasteiger partial charge on any atom is 0.328 e. The monoisotopic (exact) mass is 392 g/mol. The lowest BCUT2D eigenvalue weighted by molar-refractivity contribution is -0.116. The fourth-order valence-corrected chi connectivity index (χ4v) is 2.91. The molecule has 0 fully saturated rings. The lowest BCUT2D eigenvalue weighted by Crippen LogP contribution is -2.31. The van der Waals surface area contributed by atoms with Crippen LogP contribution >= 0.6 is 0 Å². The third-order valence-corrected chi connectivity index (χ3v) is 4.29. The summed E-state index contributed by atoms with van der Waals surface area (Å²) in [6.07, 6.45) is 1.12. The number of rotatable bonds is 8. The number of unbranched alkanes of at least 4 members (excludes halogenated alkanes) is 1. The van der Waals surface area contributed by atoms with Crippen LogP contribution in [0.15, 0.2) is 58.1 Å². The van der Waals surface area contributed by atoms with Crippen LogP contribution in [0.4, 0.5) is 5.69 Å². The average Bonchev–Trinajstić information content (AvgIpc) is 2.71. The highest BCUT2D eigenvalue weighted by atomic mass is 16.5. The summed E-state index contributed by atoms with van der Waals surface area (Å²) in [6.45, 7) is 0.555. The number of hydrogen-bond donors (Lipinski definition) is 2. The van der Waals surface area contributed by atoms with Gasteiger partial charge in [0.15, 0.2) is 0 Å². The van der Waals surface area contributed by atoms with E-state index >= 15 is 0 Å². The van der Waals surface area contributed by atoms with Crippen molar-refractivity contribution in [3.8, 4) is 11.8 Å². The Bertz CT molecular complexity index is 1170. The number of fused-ring (bicyclic) bond motifs is 1. The molecule has 1 amide bonds. The Morgan fingerprint density at radius 1 is 1.17 bits per heavy atom. The van der Waals surface area contributed by atoms with Gasteiger partial charge in [-0.05, 0) is 30.7 Å². The molecule has 0 aliphatic heterocycles. The maximum absolute atomic E-state index is 12.3. The van der Waals surface area contributed by atoms with Crippen molar-refractivity contribution in [2.75, 3.05) is 11.9 Å². The summed E-state index contributed by atoms with van der Waals surface area (Å²) in [4.78, 5) is 38.7. The van der Waals surface area contributed by atoms with Gasteiger partial charge in [0.05, 0.1) is 23.6 Å². The number of ether oxygens (including phenoxy) is 1. The highest BCUT2D eigenvalue weighted by Crippen LogP contribution is 2.18. The minimum absolute atomic E-state index is 0.0587. The first kappa shape index (κ1) is 19.9. The number of aromatic nitrogens is 2. The highest BCUT2D eigenvalue weighted by molar-refractivity contribution is 5.91. The first-order valence-electron chi connectivity index (χ1n) is 9.20. The number of carbonyl (C=O) groups is 1. The number of hydrogen-bond acceptors (Lipinski definition) is 5. The number of anilines is 1. The van der Waals surface area contributed by atoms with E-state index in [2.05, 4.69) is 16.4 Å². The molecule has 3 aromatic rings. The predicted octanol–water partition coefficient (Wildman–Crippen LogP) is 2.40. The van der Waals surface area contributed by atoms with Crippen molar-refractivity contribution in [3.63, 3.8) is 0 Å². The lowest BCUT2D eigenvalue weighted by Gasteiger charge is -2.11. The van der Waals surface area contributed by atoms with Crippen molar-refractivity contribution in [1.29, 1.82) is 5.26 Å². The fraction of sp³-hybridized carbons (Fsp3) is 0.238. The van der Waals surface area contributed by atoms with Crippen molar-refractivity contribution < 1.29 is 9.53 Å². The largest absolute Gasteiger partial charge is 0.493 e. The zero-order chi connectivity index (χ0) is 20.6. The van der Waals surface area contributed by atoms with Gasteiger partial charge >= 0.3 is 5.69 Å².